The Morgan fingerprint density at radius 3 is 2.52 bits per heavy atom. The minimum atomic E-state index is -1.25. The van der Waals surface area contributed by atoms with Gasteiger partial charge in [-0.25, -0.2) is 13.6 Å². The van der Waals surface area contributed by atoms with Gasteiger partial charge >= 0.3 is 6.03 Å². The molecule has 5 saturated heterocycles. The van der Waals surface area contributed by atoms with Crippen molar-refractivity contribution in [2.45, 2.75) is 128 Å². The van der Waals surface area contributed by atoms with Gasteiger partial charge in [0.2, 0.25) is 5.91 Å². The normalized spacial score (nSPS) is 43.2. The van der Waals surface area contributed by atoms with E-state index in [1.807, 2.05) is 16.7 Å². The highest BCUT2D eigenvalue weighted by Gasteiger charge is 2.57. The summed E-state index contributed by atoms with van der Waals surface area (Å²) in [5.74, 6) is -0.215. The lowest BCUT2D eigenvalue weighted by molar-refractivity contribution is -0.136. The SMILES string of the molecule is C=CC(=O)N1C[C@H](C)N(C2NC(=O)N3C4NC(C(F)CC42)C2C(F)CCCC2CN(CCN)CCCC2CCNC(C(C)C)C23)C[C@H]1C. The van der Waals surface area contributed by atoms with Crippen LogP contribution in [0, 0.1) is 29.6 Å². The van der Waals surface area contributed by atoms with Gasteiger partial charge in [0.25, 0.3) is 0 Å². The third-order valence-corrected chi connectivity index (χ3v) is 12.9. The lowest BCUT2D eigenvalue weighted by Crippen LogP contribution is -2.80. The molecule has 13 atom stereocenters. The zero-order valence-corrected chi connectivity index (χ0v) is 29.7. The topological polar surface area (TPSA) is 109 Å². The fourth-order valence-electron chi connectivity index (χ4n) is 10.7. The molecule has 0 spiro atoms. The first kappa shape index (κ1) is 35.9. The van der Waals surface area contributed by atoms with Crippen LogP contribution in [-0.2, 0) is 4.79 Å². The molecule has 0 aromatic rings. The van der Waals surface area contributed by atoms with Crippen LogP contribution in [0.3, 0.4) is 0 Å². The van der Waals surface area contributed by atoms with Gasteiger partial charge in [0, 0.05) is 68.7 Å². The van der Waals surface area contributed by atoms with Gasteiger partial charge in [-0.15, -0.1) is 0 Å². The van der Waals surface area contributed by atoms with Gasteiger partial charge < -0.3 is 31.1 Å². The molecule has 12 heteroatoms. The van der Waals surface area contributed by atoms with Crippen LogP contribution in [0.5, 0.6) is 0 Å². The average Bonchev–Trinajstić information content (AvgIpc) is 3.06. The summed E-state index contributed by atoms with van der Waals surface area (Å²) < 4.78 is 33.1. The van der Waals surface area contributed by atoms with E-state index in [-0.39, 0.29) is 66.2 Å². The maximum atomic E-state index is 16.9. The Kier molecular flexibility index (Phi) is 11.4. The number of hydrogen-bond donors (Lipinski definition) is 4. The number of urea groups is 1. The summed E-state index contributed by atoms with van der Waals surface area (Å²) in [4.78, 5) is 35.9. The summed E-state index contributed by atoms with van der Waals surface area (Å²) in [6.07, 6.45) is 3.52. The number of rotatable bonds is 5. The first-order valence-electron chi connectivity index (χ1n) is 19.0. The Labute approximate surface area is 286 Å². The van der Waals surface area contributed by atoms with E-state index in [2.05, 4.69) is 53.1 Å². The molecule has 2 bridgehead atoms. The van der Waals surface area contributed by atoms with E-state index < -0.39 is 36.6 Å². The second-order valence-electron chi connectivity index (χ2n) is 16.2. The Morgan fingerprint density at radius 2 is 1.79 bits per heavy atom. The van der Waals surface area contributed by atoms with Crippen molar-refractivity contribution >= 4 is 11.9 Å². The fourth-order valence-corrected chi connectivity index (χ4v) is 10.7. The Morgan fingerprint density at radius 1 is 1.02 bits per heavy atom. The molecule has 5 aliphatic heterocycles. The Balaban J connectivity index is 1.40. The number of nitrogens with two attached hydrogens (primary N) is 1. The summed E-state index contributed by atoms with van der Waals surface area (Å²) in [7, 11) is 0. The van der Waals surface area contributed by atoms with E-state index in [0.717, 1.165) is 58.3 Å². The van der Waals surface area contributed by atoms with E-state index in [1.165, 1.54) is 6.08 Å². The van der Waals surface area contributed by atoms with Crippen LogP contribution in [0.25, 0.3) is 0 Å². The molecule has 272 valence electrons. The predicted molar refractivity (Wildman–Crippen MR) is 184 cm³/mol. The molecule has 1 saturated carbocycles. The Bertz CT molecular complexity index is 1150. The molecule has 6 fully saturated rings. The number of halogens is 2. The van der Waals surface area contributed by atoms with E-state index in [4.69, 9.17) is 5.73 Å². The van der Waals surface area contributed by atoms with Gasteiger partial charge in [-0.05, 0) is 89.3 Å². The average molecular weight is 677 g/mol. The van der Waals surface area contributed by atoms with E-state index >= 15 is 8.78 Å². The van der Waals surface area contributed by atoms with E-state index in [1.54, 1.807) is 0 Å². The second-order valence-corrected chi connectivity index (χ2v) is 16.2. The summed E-state index contributed by atoms with van der Waals surface area (Å²) in [6, 6.07) is -0.934. The van der Waals surface area contributed by atoms with Crippen molar-refractivity contribution in [2.75, 3.05) is 45.8 Å². The summed E-state index contributed by atoms with van der Waals surface area (Å²) >= 11 is 0. The number of fused-ring (bicyclic) bond motifs is 5. The molecule has 48 heavy (non-hydrogen) atoms. The number of nitrogens with one attached hydrogen (secondary N) is 3. The molecule has 5 N–H and O–H groups in total. The maximum Gasteiger partial charge on any atom is 0.320 e. The largest absolute Gasteiger partial charge is 0.334 e. The quantitative estimate of drug-likeness (QED) is 0.332. The van der Waals surface area contributed by atoms with Crippen molar-refractivity contribution in [3.63, 3.8) is 0 Å². The lowest BCUT2D eigenvalue weighted by atomic mass is 9.69. The zero-order valence-electron chi connectivity index (χ0n) is 29.7. The standard InChI is InChI=1S/C36H62F2N8O2/c1-6-29(47)44-18-23(5)45(19-22(44)4)34-26-17-28(38)32-30-25(9-7-11-27(30)37)20-43(16-13-39)15-8-10-24-12-14-40-31(21(2)3)33(24)46(35(26)41-32)36(48)42-34/h6,21-28,30-35,40-41H,1,7-20,39H2,2-5H3,(H,42,48)/t22-,23+,24?,25?,26?,27?,28?,30?,31?,32?,33?,34?,35?/m1/s1. The smallest absolute Gasteiger partial charge is 0.320 e. The number of piperazine rings is 1. The number of carbonyl (C=O) groups is 2. The zero-order chi connectivity index (χ0) is 34.3. The van der Waals surface area contributed by atoms with Crippen molar-refractivity contribution in [1.82, 2.24) is 35.6 Å². The van der Waals surface area contributed by atoms with Crippen molar-refractivity contribution in [3.05, 3.63) is 12.7 Å². The minimum absolute atomic E-state index is 0.0266. The molecule has 6 aliphatic rings. The maximum absolute atomic E-state index is 16.9. The van der Waals surface area contributed by atoms with Crippen LogP contribution in [0.1, 0.15) is 72.6 Å². The number of piperidine rings is 2. The highest BCUT2D eigenvalue weighted by Crippen LogP contribution is 2.44. The van der Waals surface area contributed by atoms with Crippen LogP contribution in [0.4, 0.5) is 13.6 Å². The highest BCUT2D eigenvalue weighted by atomic mass is 19.1. The van der Waals surface area contributed by atoms with Crippen LogP contribution < -0.4 is 21.7 Å². The fraction of sp³-hybridized carbons (Fsp3) is 0.889. The lowest BCUT2D eigenvalue weighted by Gasteiger charge is -2.60. The van der Waals surface area contributed by atoms with E-state index in [9.17, 15) is 9.59 Å². The van der Waals surface area contributed by atoms with Crippen molar-refractivity contribution in [2.24, 2.45) is 35.3 Å². The highest BCUT2D eigenvalue weighted by molar-refractivity contribution is 5.87. The molecule has 0 aromatic carbocycles. The van der Waals surface area contributed by atoms with Gasteiger partial charge in [-0.2, -0.15) is 0 Å². The van der Waals surface area contributed by atoms with Crippen LogP contribution >= 0.6 is 0 Å². The third-order valence-electron chi connectivity index (χ3n) is 12.9. The van der Waals surface area contributed by atoms with E-state index in [0.29, 0.717) is 26.1 Å². The molecule has 1 aliphatic carbocycles. The van der Waals surface area contributed by atoms with Crippen LogP contribution in [0.2, 0.25) is 0 Å². The minimum Gasteiger partial charge on any atom is -0.334 e. The van der Waals surface area contributed by atoms with Crippen molar-refractivity contribution < 1.29 is 18.4 Å². The summed E-state index contributed by atoms with van der Waals surface area (Å²) in [6.45, 7) is 17.1. The molecule has 6 rings (SSSR count). The molecular weight excluding hydrogens is 614 g/mol. The molecule has 0 aromatic heterocycles. The summed E-state index contributed by atoms with van der Waals surface area (Å²) in [5, 5.41) is 10.9. The number of alkyl halides is 2. The number of hydrogen-bond acceptors (Lipinski definition) is 7. The van der Waals surface area contributed by atoms with Crippen molar-refractivity contribution in [3.8, 4) is 0 Å². The molecule has 11 unspecified atom stereocenters. The van der Waals surface area contributed by atoms with Crippen molar-refractivity contribution in [1.29, 1.82) is 0 Å². The summed E-state index contributed by atoms with van der Waals surface area (Å²) in [5.41, 5.74) is 6.08. The molecule has 0 radical (unpaired) electrons. The Hall–Kier alpha value is -1.86. The predicted octanol–water partition coefficient (Wildman–Crippen LogP) is 2.90. The van der Waals surface area contributed by atoms with Gasteiger partial charge in [-0.1, -0.05) is 26.8 Å². The van der Waals surface area contributed by atoms with Gasteiger partial charge in [0.15, 0.2) is 0 Å². The van der Waals surface area contributed by atoms with Gasteiger partial charge in [0.05, 0.1) is 18.4 Å². The van der Waals surface area contributed by atoms with Gasteiger partial charge in [-0.3, -0.25) is 15.0 Å². The third kappa shape index (κ3) is 6.90. The number of carbonyl (C=O) groups excluding carboxylic acids is 2. The molecule has 3 amide bonds. The first-order chi connectivity index (χ1) is 23.0. The monoisotopic (exact) mass is 676 g/mol. The first-order valence-corrected chi connectivity index (χ1v) is 19.0. The van der Waals surface area contributed by atoms with Crippen LogP contribution in [-0.4, -0.2) is 132 Å². The molecule has 5 heterocycles. The molecule has 10 nitrogen and oxygen atoms in total. The second kappa shape index (κ2) is 15.2. The number of nitrogens with zero attached hydrogens (tertiary/aromatic N) is 4. The van der Waals surface area contributed by atoms with Gasteiger partial charge in [0.1, 0.15) is 12.3 Å². The number of amides is 3. The van der Waals surface area contributed by atoms with Crippen LogP contribution in [0.15, 0.2) is 12.7 Å². The molecular formula is C36H62F2N8O2.